The lowest BCUT2D eigenvalue weighted by Crippen LogP contribution is -2.26. The first kappa shape index (κ1) is 11.9. The molecule has 0 spiro atoms. The molecule has 0 aliphatic heterocycles. The summed E-state index contributed by atoms with van der Waals surface area (Å²) in [4.78, 5) is 26.4. The van der Waals surface area contributed by atoms with Crippen molar-refractivity contribution in [1.29, 1.82) is 0 Å². The summed E-state index contributed by atoms with van der Waals surface area (Å²) in [6.45, 7) is 1.62. The molecule has 1 aliphatic rings. The predicted octanol–water partition coefficient (Wildman–Crippen LogP) is 1.38. The molecular formula is C11H17NO3. The lowest BCUT2D eigenvalue weighted by Gasteiger charge is -2.21. The monoisotopic (exact) mass is 211 g/mol. The van der Waals surface area contributed by atoms with Crippen LogP contribution in [-0.4, -0.2) is 31.1 Å². The molecule has 0 aromatic carbocycles. The Kier molecular flexibility index (Phi) is 4.46. The first-order valence-electron chi connectivity index (χ1n) is 5.25. The smallest absolute Gasteiger partial charge is 0.327 e. The van der Waals surface area contributed by atoms with E-state index in [0.29, 0.717) is 0 Å². The van der Waals surface area contributed by atoms with Gasteiger partial charge in [-0.25, -0.2) is 0 Å². The van der Waals surface area contributed by atoms with Crippen LogP contribution in [0.4, 0.5) is 0 Å². The molecule has 1 unspecified atom stereocenters. The summed E-state index contributed by atoms with van der Waals surface area (Å²) in [5.74, 6) is -0.267. The Morgan fingerprint density at radius 3 is 2.80 bits per heavy atom. The quantitative estimate of drug-likeness (QED) is 0.663. The molecule has 0 bridgehead atoms. The third-order valence-corrected chi connectivity index (χ3v) is 2.71. The largest absolute Gasteiger partial charge is 0.468 e. The van der Waals surface area contributed by atoms with Crippen LogP contribution in [0.25, 0.3) is 0 Å². The number of carbonyl (C=O) groups is 2. The van der Waals surface area contributed by atoms with Gasteiger partial charge in [-0.3, -0.25) is 14.6 Å². The highest BCUT2D eigenvalue weighted by atomic mass is 16.5. The van der Waals surface area contributed by atoms with Crippen molar-refractivity contribution >= 4 is 17.5 Å². The standard InChI is InChI=1S/C11H17NO3/c1-8(13)9-5-3-4-6-10(9)12-7-11(14)15-2/h9H,3-7H2,1-2H3/b12-10-. The van der Waals surface area contributed by atoms with E-state index in [2.05, 4.69) is 9.73 Å². The molecule has 15 heavy (non-hydrogen) atoms. The van der Waals surface area contributed by atoms with E-state index in [1.54, 1.807) is 6.92 Å². The molecule has 84 valence electrons. The molecular weight excluding hydrogens is 194 g/mol. The van der Waals surface area contributed by atoms with Crippen LogP contribution in [-0.2, 0) is 14.3 Å². The number of rotatable bonds is 3. The molecule has 4 nitrogen and oxygen atoms in total. The third-order valence-electron chi connectivity index (χ3n) is 2.71. The maximum Gasteiger partial charge on any atom is 0.327 e. The normalized spacial score (nSPS) is 23.9. The van der Waals surface area contributed by atoms with E-state index in [0.717, 1.165) is 31.4 Å². The lowest BCUT2D eigenvalue weighted by atomic mass is 9.85. The Balaban J connectivity index is 2.63. The van der Waals surface area contributed by atoms with Gasteiger partial charge in [0, 0.05) is 5.71 Å². The number of nitrogens with zero attached hydrogens (tertiary/aromatic N) is 1. The molecule has 0 N–H and O–H groups in total. The van der Waals surface area contributed by atoms with Crippen molar-refractivity contribution in [2.45, 2.75) is 32.6 Å². The first-order valence-corrected chi connectivity index (χ1v) is 5.25. The maximum atomic E-state index is 11.3. The fourth-order valence-electron chi connectivity index (χ4n) is 1.85. The number of methoxy groups -OCH3 is 1. The van der Waals surface area contributed by atoms with E-state index in [1.165, 1.54) is 7.11 Å². The zero-order valence-electron chi connectivity index (χ0n) is 9.28. The van der Waals surface area contributed by atoms with Gasteiger partial charge in [0.05, 0.1) is 13.0 Å². The molecule has 1 saturated carbocycles. The number of Topliss-reactive ketones (excluding diaryl/α,β-unsaturated/α-hetero) is 1. The Morgan fingerprint density at radius 1 is 1.47 bits per heavy atom. The number of hydrogen-bond donors (Lipinski definition) is 0. The minimum atomic E-state index is -0.352. The van der Waals surface area contributed by atoms with Crippen LogP contribution < -0.4 is 0 Å². The summed E-state index contributed by atoms with van der Waals surface area (Å²) in [6.07, 6.45) is 3.84. The Labute approximate surface area is 89.7 Å². The summed E-state index contributed by atoms with van der Waals surface area (Å²) in [5.41, 5.74) is 0.874. The minimum absolute atomic E-state index is 0.0373. The number of hydrogen-bond acceptors (Lipinski definition) is 4. The first-order chi connectivity index (χ1) is 7.15. The zero-order valence-corrected chi connectivity index (χ0v) is 9.28. The van der Waals surface area contributed by atoms with E-state index < -0.39 is 0 Å². The van der Waals surface area contributed by atoms with Gasteiger partial charge in [-0.05, 0) is 26.2 Å². The maximum absolute atomic E-state index is 11.3. The summed E-state index contributed by atoms with van der Waals surface area (Å²) in [7, 11) is 1.34. The van der Waals surface area contributed by atoms with Gasteiger partial charge in [-0.2, -0.15) is 0 Å². The van der Waals surface area contributed by atoms with Gasteiger partial charge in [-0.1, -0.05) is 6.42 Å². The van der Waals surface area contributed by atoms with E-state index in [4.69, 9.17) is 0 Å². The van der Waals surface area contributed by atoms with Crippen LogP contribution in [0.2, 0.25) is 0 Å². The number of esters is 1. The van der Waals surface area contributed by atoms with Gasteiger partial charge in [0.2, 0.25) is 0 Å². The highest BCUT2D eigenvalue weighted by Crippen LogP contribution is 2.22. The predicted molar refractivity (Wildman–Crippen MR) is 57.0 cm³/mol. The van der Waals surface area contributed by atoms with E-state index in [9.17, 15) is 9.59 Å². The molecule has 1 rings (SSSR count). The molecule has 1 atom stereocenters. The number of ketones is 1. The fraction of sp³-hybridized carbons (Fsp3) is 0.727. The molecule has 0 radical (unpaired) electrons. The number of aliphatic imine (C=N–C) groups is 1. The van der Waals surface area contributed by atoms with Gasteiger partial charge in [0.25, 0.3) is 0 Å². The average Bonchev–Trinajstić information content (AvgIpc) is 2.26. The van der Waals surface area contributed by atoms with Crippen molar-refractivity contribution < 1.29 is 14.3 Å². The second-order valence-electron chi connectivity index (χ2n) is 3.79. The van der Waals surface area contributed by atoms with Gasteiger partial charge in [0.1, 0.15) is 12.3 Å². The van der Waals surface area contributed by atoms with E-state index >= 15 is 0 Å². The topological polar surface area (TPSA) is 55.7 Å². The van der Waals surface area contributed by atoms with Crippen LogP contribution in [0.3, 0.4) is 0 Å². The second kappa shape index (κ2) is 5.63. The van der Waals surface area contributed by atoms with Crippen LogP contribution in [0.15, 0.2) is 4.99 Å². The van der Waals surface area contributed by atoms with Gasteiger partial charge >= 0.3 is 5.97 Å². The van der Waals surface area contributed by atoms with Crippen molar-refractivity contribution in [2.75, 3.05) is 13.7 Å². The molecule has 1 aliphatic carbocycles. The van der Waals surface area contributed by atoms with Crippen LogP contribution in [0.5, 0.6) is 0 Å². The summed E-state index contributed by atoms with van der Waals surface area (Å²) < 4.78 is 4.51. The number of carbonyl (C=O) groups excluding carboxylic acids is 2. The van der Waals surface area contributed by atoms with Crippen molar-refractivity contribution in [3.05, 3.63) is 0 Å². The number of ether oxygens (including phenoxy) is 1. The average molecular weight is 211 g/mol. The Morgan fingerprint density at radius 2 is 2.20 bits per heavy atom. The van der Waals surface area contributed by atoms with Crippen LogP contribution in [0, 0.1) is 5.92 Å². The van der Waals surface area contributed by atoms with Crippen molar-refractivity contribution in [3.63, 3.8) is 0 Å². The Bertz CT molecular complexity index is 284. The Hall–Kier alpha value is -1.19. The van der Waals surface area contributed by atoms with Crippen molar-refractivity contribution in [1.82, 2.24) is 0 Å². The highest BCUT2D eigenvalue weighted by Gasteiger charge is 2.24. The zero-order chi connectivity index (χ0) is 11.3. The van der Waals surface area contributed by atoms with E-state index in [1.807, 2.05) is 0 Å². The third kappa shape index (κ3) is 3.46. The van der Waals surface area contributed by atoms with Crippen molar-refractivity contribution in [3.8, 4) is 0 Å². The molecule has 0 aromatic rings. The molecule has 0 aromatic heterocycles. The van der Waals surface area contributed by atoms with Gasteiger partial charge in [0.15, 0.2) is 0 Å². The molecule has 0 amide bonds. The van der Waals surface area contributed by atoms with Crippen molar-refractivity contribution in [2.24, 2.45) is 10.9 Å². The molecule has 1 fully saturated rings. The summed E-state index contributed by atoms with van der Waals surface area (Å²) >= 11 is 0. The lowest BCUT2D eigenvalue weighted by molar-refractivity contribution is -0.138. The molecule has 4 heteroatoms. The highest BCUT2D eigenvalue weighted by molar-refractivity contribution is 6.05. The van der Waals surface area contributed by atoms with Gasteiger partial charge < -0.3 is 4.74 Å². The molecule has 0 heterocycles. The fourth-order valence-corrected chi connectivity index (χ4v) is 1.85. The van der Waals surface area contributed by atoms with Crippen LogP contribution in [0.1, 0.15) is 32.6 Å². The second-order valence-corrected chi connectivity index (χ2v) is 3.79. The summed E-state index contributed by atoms with van der Waals surface area (Å²) in [6, 6.07) is 0. The minimum Gasteiger partial charge on any atom is -0.468 e. The van der Waals surface area contributed by atoms with Gasteiger partial charge in [-0.15, -0.1) is 0 Å². The van der Waals surface area contributed by atoms with Crippen LogP contribution >= 0.6 is 0 Å². The molecule has 0 saturated heterocycles. The SMILES string of the molecule is COC(=O)C/N=C1/CCCCC1C(C)=O. The summed E-state index contributed by atoms with van der Waals surface area (Å²) in [5, 5.41) is 0. The van der Waals surface area contributed by atoms with E-state index in [-0.39, 0.29) is 24.2 Å².